The number of likely N-dealkylation sites (N-methyl/N-ethyl adjacent to an activating group) is 1. The van der Waals surface area contributed by atoms with Gasteiger partial charge < -0.3 is 4.42 Å². The molecule has 3 nitrogen and oxygen atoms in total. The molecule has 2 unspecified atom stereocenters. The van der Waals surface area contributed by atoms with Crippen molar-refractivity contribution in [1.82, 2.24) is 4.90 Å². The summed E-state index contributed by atoms with van der Waals surface area (Å²) < 4.78 is 5.31. The molecule has 2 atom stereocenters. The second kappa shape index (κ2) is 5.27. The van der Waals surface area contributed by atoms with Gasteiger partial charge in [-0.25, -0.2) is 0 Å². The van der Waals surface area contributed by atoms with Crippen LogP contribution in [-0.4, -0.2) is 30.3 Å². The van der Waals surface area contributed by atoms with Gasteiger partial charge >= 0.3 is 0 Å². The molecule has 1 heterocycles. The van der Waals surface area contributed by atoms with Gasteiger partial charge in [0.25, 0.3) is 0 Å². The first-order chi connectivity index (χ1) is 8.54. The van der Waals surface area contributed by atoms with E-state index in [1.807, 2.05) is 26.2 Å². The summed E-state index contributed by atoms with van der Waals surface area (Å²) in [6.45, 7) is 2.25. The number of furan rings is 1. The molecule has 1 aromatic rings. The number of nitrogens with zero attached hydrogens (tertiary/aromatic N) is 1. The molecule has 3 heteroatoms. The van der Waals surface area contributed by atoms with Crippen molar-refractivity contribution in [2.45, 2.75) is 44.6 Å². The topological polar surface area (TPSA) is 33.5 Å². The van der Waals surface area contributed by atoms with Crippen LogP contribution in [0.15, 0.2) is 22.8 Å². The molecule has 0 aromatic carbocycles. The number of Topliss-reactive ketones (excluding diaryl/α,β-unsaturated/α-hetero) is 1. The van der Waals surface area contributed by atoms with E-state index in [9.17, 15) is 4.79 Å². The number of carbonyl (C=O) groups is 1. The molecular weight excluding hydrogens is 226 g/mol. The second-order valence-corrected chi connectivity index (χ2v) is 5.81. The number of hydrogen-bond donors (Lipinski definition) is 0. The van der Waals surface area contributed by atoms with Gasteiger partial charge in [0, 0.05) is 0 Å². The first-order valence-electron chi connectivity index (χ1n) is 6.78. The van der Waals surface area contributed by atoms with Crippen LogP contribution in [0.3, 0.4) is 0 Å². The number of hydrogen-bond acceptors (Lipinski definition) is 3. The fourth-order valence-electron chi connectivity index (χ4n) is 3.17. The molecule has 1 aliphatic rings. The van der Waals surface area contributed by atoms with E-state index >= 15 is 0 Å². The summed E-state index contributed by atoms with van der Waals surface area (Å²) in [5.41, 5.74) is -0.287. The number of rotatable bonds is 4. The summed E-state index contributed by atoms with van der Waals surface area (Å²) in [6, 6.07) is 3.72. The molecule has 100 valence electrons. The van der Waals surface area contributed by atoms with Crippen LogP contribution in [0, 0.1) is 5.92 Å². The molecular formula is C15H23NO2. The molecule has 0 amide bonds. The highest BCUT2D eigenvalue weighted by Crippen LogP contribution is 2.37. The van der Waals surface area contributed by atoms with Gasteiger partial charge in [-0.2, -0.15) is 0 Å². The number of carbonyl (C=O) groups excluding carboxylic acids is 1. The lowest BCUT2D eigenvalue weighted by Crippen LogP contribution is -2.54. The highest BCUT2D eigenvalue weighted by atomic mass is 16.3. The Kier molecular flexibility index (Phi) is 3.91. The Morgan fingerprint density at radius 1 is 1.56 bits per heavy atom. The molecule has 0 aliphatic heterocycles. The Bertz CT molecular complexity index is 397. The Balaban J connectivity index is 2.16. The van der Waals surface area contributed by atoms with Gasteiger partial charge in [0.05, 0.1) is 18.2 Å². The molecule has 1 fully saturated rings. The summed E-state index contributed by atoms with van der Waals surface area (Å²) in [5.74, 6) is 1.70. The highest BCUT2D eigenvalue weighted by molar-refractivity contribution is 5.90. The molecule has 1 aromatic heterocycles. The molecule has 0 spiro atoms. The Labute approximate surface area is 109 Å². The molecule has 0 bridgehead atoms. The SMILES string of the molecule is CC1CCCC(C(=O)Cc2ccco2)(N(C)C)C1. The van der Waals surface area contributed by atoms with Gasteiger partial charge in [-0.3, -0.25) is 9.69 Å². The summed E-state index contributed by atoms with van der Waals surface area (Å²) in [5, 5.41) is 0. The van der Waals surface area contributed by atoms with Crippen molar-refractivity contribution in [3.8, 4) is 0 Å². The van der Waals surface area contributed by atoms with Gasteiger partial charge in [0.1, 0.15) is 5.76 Å². The average Bonchev–Trinajstić information content (AvgIpc) is 2.81. The first-order valence-corrected chi connectivity index (χ1v) is 6.78. The molecule has 18 heavy (non-hydrogen) atoms. The van der Waals surface area contributed by atoms with Gasteiger partial charge in [0.2, 0.25) is 0 Å². The van der Waals surface area contributed by atoms with E-state index < -0.39 is 0 Å². The summed E-state index contributed by atoms with van der Waals surface area (Å²) in [6.07, 6.45) is 6.38. The first kappa shape index (κ1) is 13.3. The normalized spacial score (nSPS) is 28.6. The van der Waals surface area contributed by atoms with Crippen LogP contribution < -0.4 is 0 Å². The van der Waals surface area contributed by atoms with Crippen molar-refractivity contribution >= 4 is 5.78 Å². The zero-order chi connectivity index (χ0) is 13.2. The van der Waals surface area contributed by atoms with Crippen LogP contribution in [0.1, 0.15) is 38.4 Å². The monoisotopic (exact) mass is 249 g/mol. The average molecular weight is 249 g/mol. The lowest BCUT2D eigenvalue weighted by molar-refractivity contribution is -0.132. The van der Waals surface area contributed by atoms with E-state index in [0.29, 0.717) is 18.1 Å². The van der Waals surface area contributed by atoms with Crippen molar-refractivity contribution in [3.05, 3.63) is 24.2 Å². The molecule has 2 rings (SSSR count). The van der Waals surface area contributed by atoms with Crippen LogP contribution in [-0.2, 0) is 11.2 Å². The fourth-order valence-corrected chi connectivity index (χ4v) is 3.17. The van der Waals surface area contributed by atoms with E-state index in [1.165, 1.54) is 6.42 Å². The lowest BCUT2D eigenvalue weighted by atomic mass is 9.72. The highest BCUT2D eigenvalue weighted by Gasteiger charge is 2.43. The zero-order valence-corrected chi connectivity index (χ0v) is 11.6. The maximum Gasteiger partial charge on any atom is 0.160 e. The van der Waals surface area contributed by atoms with E-state index in [-0.39, 0.29) is 5.54 Å². The van der Waals surface area contributed by atoms with Crippen LogP contribution in [0.25, 0.3) is 0 Å². The number of ketones is 1. The van der Waals surface area contributed by atoms with Crippen LogP contribution >= 0.6 is 0 Å². The van der Waals surface area contributed by atoms with Gasteiger partial charge in [0.15, 0.2) is 5.78 Å². The van der Waals surface area contributed by atoms with Crippen molar-refractivity contribution in [2.24, 2.45) is 5.92 Å². The summed E-state index contributed by atoms with van der Waals surface area (Å²) >= 11 is 0. The third-order valence-electron chi connectivity index (χ3n) is 4.26. The van der Waals surface area contributed by atoms with Crippen molar-refractivity contribution in [1.29, 1.82) is 0 Å². The Morgan fingerprint density at radius 2 is 2.33 bits per heavy atom. The molecule has 1 saturated carbocycles. The Hall–Kier alpha value is -1.09. The molecule has 0 radical (unpaired) electrons. The smallest absolute Gasteiger partial charge is 0.160 e. The summed E-state index contributed by atoms with van der Waals surface area (Å²) in [4.78, 5) is 14.8. The molecule has 0 N–H and O–H groups in total. The minimum absolute atomic E-state index is 0.287. The van der Waals surface area contributed by atoms with Crippen molar-refractivity contribution in [3.63, 3.8) is 0 Å². The zero-order valence-electron chi connectivity index (χ0n) is 11.6. The second-order valence-electron chi connectivity index (χ2n) is 5.81. The quantitative estimate of drug-likeness (QED) is 0.822. The van der Waals surface area contributed by atoms with E-state index in [1.54, 1.807) is 6.26 Å². The minimum atomic E-state index is -0.287. The van der Waals surface area contributed by atoms with Crippen molar-refractivity contribution < 1.29 is 9.21 Å². The predicted octanol–water partition coefficient (Wildman–Crippen LogP) is 2.90. The van der Waals surface area contributed by atoms with E-state index in [4.69, 9.17) is 4.42 Å². The fraction of sp³-hybridized carbons (Fsp3) is 0.667. The van der Waals surface area contributed by atoms with Crippen molar-refractivity contribution in [2.75, 3.05) is 14.1 Å². The van der Waals surface area contributed by atoms with Crippen LogP contribution in [0.5, 0.6) is 0 Å². The van der Waals surface area contributed by atoms with Gasteiger partial charge in [-0.15, -0.1) is 0 Å². The molecule has 1 aliphatic carbocycles. The molecule has 0 saturated heterocycles. The summed E-state index contributed by atoms with van der Waals surface area (Å²) in [7, 11) is 4.05. The predicted molar refractivity (Wildman–Crippen MR) is 71.5 cm³/mol. The van der Waals surface area contributed by atoms with E-state index in [2.05, 4.69) is 11.8 Å². The Morgan fingerprint density at radius 3 is 2.89 bits per heavy atom. The maximum atomic E-state index is 12.7. The van der Waals surface area contributed by atoms with Crippen LogP contribution in [0.4, 0.5) is 0 Å². The third kappa shape index (κ3) is 2.51. The van der Waals surface area contributed by atoms with Gasteiger partial charge in [-0.05, 0) is 45.0 Å². The standard InChI is InChI=1S/C15H23NO2/c1-12-6-4-8-15(11-12,16(2)3)14(17)10-13-7-5-9-18-13/h5,7,9,12H,4,6,8,10-11H2,1-3H3. The maximum absolute atomic E-state index is 12.7. The third-order valence-corrected chi connectivity index (χ3v) is 4.26. The minimum Gasteiger partial charge on any atom is -0.469 e. The largest absolute Gasteiger partial charge is 0.469 e. The van der Waals surface area contributed by atoms with Crippen LogP contribution in [0.2, 0.25) is 0 Å². The van der Waals surface area contributed by atoms with E-state index in [0.717, 1.165) is 25.0 Å². The van der Waals surface area contributed by atoms with Gasteiger partial charge in [-0.1, -0.05) is 19.8 Å². The lowest BCUT2D eigenvalue weighted by Gasteiger charge is -2.43.